The molecule has 3 rings (SSSR count). The molecule has 0 spiro atoms. The molecule has 96 valence electrons. The van der Waals surface area contributed by atoms with E-state index in [-0.39, 0.29) is 35.1 Å². The zero-order chi connectivity index (χ0) is 13.1. The van der Waals surface area contributed by atoms with Crippen molar-refractivity contribution in [1.82, 2.24) is 0 Å². The van der Waals surface area contributed by atoms with Crippen molar-refractivity contribution in [2.45, 2.75) is 32.8 Å². The highest BCUT2D eigenvalue weighted by Crippen LogP contribution is 2.52. The Labute approximate surface area is 107 Å². The molecule has 1 saturated carbocycles. The number of hydrogen-bond donors (Lipinski definition) is 0. The van der Waals surface area contributed by atoms with Crippen molar-refractivity contribution in [3.05, 3.63) is 24.3 Å². The molecule has 0 radical (unpaired) electrons. The molecule has 2 aliphatic carbocycles. The second-order valence-corrected chi connectivity index (χ2v) is 6.16. The largest absolute Gasteiger partial charge is 0.458 e. The van der Waals surface area contributed by atoms with Crippen molar-refractivity contribution < 1.29 is 14.3 Å². The average Bonchev–Trinajstić information content (AvgIpc) is 2.69. The van der Waals surface area contributed by atoms with E-state index in [9.17, 15) is 9.59 Å². The topological polar surface area (TPSA) is 43.4 Å². The predicted octanol–water partition coefficient (Wildman–Crippen LogP) is 2.28. The highest BCUT2D eigenvalue weighted by molar-refractivity contribution is 5.98. The number of fused-ring (bicyclic) bond motifs is 2. The first kappa shape index (κ1) is 11.7. The molecule has 3 nitrogen and oxygen atoms in total. The first-order valence-electron chi connectivity index (χ1n) is 6.56. The van der Waals surface area contributed by atoms with Crippen LogP contribution < -0.4 is 0 Å². The van der Waals surface area contributed by atoms with Crippen LogP contribution in [-0.2, 0) is 14.3 Å². The van der Waals surface area contributed by atoms with E-state index < -0.39 is 0 Å². The Morgan fingerprint density at radius 2 is 2.17 bits per heavy atom. The summed E-state index contributed by atoms with van der Waals surface area (Å²) >= 11 is 0. The maximum Gasteiger partial charge on any atom is 0.334 e. The number of allylic oxidation sites excluding steroid dienone is 2. The minimum atomic E-state index is -0.379. The molecule has 0 aromatic heterocycles. The van der Waals surface area contributed by atoms with Gasteiger partial charge in [0, 0.05) is 16.9 Å². The zero-order valence-electron chi connectivity index (χ0n) is 10.8. The highest BCUT2D eigenvalue weighted by atomic mass is 16.6. The monoisotopic (exact) mass is 246 g/mol. The van der Waals surface area contributed by atoms with E-state index in [1.54, 1.807) is 6.08 Å². The normalized spacial score (nSPS) is 46.7. The standard InChI is InChI=1S/C15H18O3/c1-8-6-12-10(9(2)14(17)18-12)7-15(3)11(8)4-5-13(15)16/h4-5,8,10-12H,2,6-7H2,1,3H3/t8-,10-,11+,12+,15+/m0/s1. The van der Waals surface area contributed by atoms with E-state index in [1.807, 2.05) is 13.0 Å². The molecule has 18 heavy (non-hydrogen) atoms. The van der Waals surface area contributed by atoms with Crippen LogP contribution in [-0.4, -0.2) is 17.9 Å². The molecule has 1 heterocycles. The number of ketones is 1. The maximum absolute atomic E-state index is 12.2. The van der Waals surface area contributed by atoms with E-state index in [1.165, 1.54) is 0 Å². The molecular weight excluding hydrogens is 228 g/mol. The fourth-order valence-corrected chi connectivity index (χ4v) is 3.92. The summed E-state index contributed by atoms with van der Waals surface area (Å²) in [5.74, 6) is 0.539. The van der Waals surface area contributed by atoms with Crippen molar-refractivity contribution in [3.8, 4) is 0 Å². The third-order valence-corrected chi connectivity index (χ3v) is 5.03. The van der Waals surface area contributed by atoms with Gasteiger partial charge in [0.1, 0.15) is 6.10 Å². The summed E-state index contributed by atoms with van der Waals surface area (Å²) < 4.78 is 5.40. The van der Waals surface area contributed by atoms with Crippen molar-refractivity contribution in [1.29, 1.82) is 0 Å². The molecule has 0 aromatic carbocycles. The summed E-state index contributed by atoms with van der Waals surface area (Å²) in [4.78, 5) is 23.8. The van der Waals surface area contributed by atoms with Gasteiger partial charge in [-0.15, -0.1) is 0 Å². The van der Waals surface area contributed by atoms with Gasteiger partial charge in [-0.25, -0.2) is 4.79 Å². The molecule has 5 atom stereocenters. The number of ether oxygens (including phenoxy) is 1. The number of hydrogen-bond acceptors (Lipinski definition) is 3. The van der Waals surface area contributed by atoms with E-state index >= 15 is 0 Å². The summed E-state index contributed by atoms with van der Waals surface area (Å²) in [6.07, 6.45) is 5.18. The minimum absolute atomic E-state index is 0.0128. The molecule has 0 bridgehead atoms. The summed E-state index contributed by atoms with van der Waals surface area (Å²) in [7, 11) is 0. The quantitative estimate of drug-likeness (QED) is 0.486. The fraction of sp³-hybridized carbons (Fsp3) is 0.600. The molecule has 0 aromatic rings. The van der Waals surface area contributed by atoms with Crippen molar-refractivity contribution in [2.24, 2.45) is 23.2 Å². The molecule has 1 saturated heterocycles. The van der Waals surface area contributed by atoms with Gasteiger partial charge in [-0.2, -0.15) is 0 Å². The Hall–Kier alpha value is -1.38. The summed E-state index contributed by atoms with van der Waals surface area (Å²) in [6.45, 7) is 8.02. The summed E-state index contributed by atoms with van der Waals surface area (Å²) in [5.41, 5.74) is 0.171. The highest BCUT2D eigenvalue weighted by Gasteiger charge is 2.53. The Bertz CT molecular complexity index is 476. The Morgan fingerprint density at radius 3 is 2.89 bits per heavy atom. The maximum atomic E-state index is 12.2. The number of carbonyl (C=O) groups excluding carboxylic acids is 2. The van der Waals surface area contributed by atoms with Crippen molar-refractivity contribution in [2.75, 3.05) is 0 Å². The Balaban J connectivity index is 2.00. The van der Waals surface area contributed by atoms with Gasteiger partial charge in [0.05, 0.1) is 0 Å². The van der Waals surface area contributed by atoms with Gasteiger partial charge in [0.15, 0.2) is 5.78 Å². The number of rotatable bonds is 0. The molecule has 0 unspecified atom stereocenters. The van der Waals surface area contributed by atoms with E-state index in [2.05, 4.69) is 13.5 Å². The van der Waals surface area contributed by atoms with Crippen LogP contribution in [0.4, 0.5) is 0 Å². The number of esters is 1. The van der Waals surface area contributed by atoms with Crippen molar-refractivity contribution >= 4 is 11.8 Å². The van der Waals surface area contributed by atoms with Crippen LogP contribution in [0.15, 0.2) is 24.3 Å². The van der Waals surface area contributed by atoms with Gasteiger partial charge < -0.3 is 4.74 Å². The first-order chi connectivity index (χ1) is 8.43. The van der Waals surface area contributed by atoms with Gasteiger partial charge in [0.25, 0.3) is 0 Å². The third-order valence-electron chi connectivity index (χ3n) is 5.03. The molecule has 3 aliphatic rings. The second kappa shape index (κ2) is 3.56. The lowest BCUT2D eigenvalue weighted by Crippen LogP contribution is -2.33. The lowest BCUT2D eigenvalue weighted by atomic mass is 9.69. The van der Waals surface area contributed by atoms with E-state index in [0.717, 1.165) is 6.42 Å². The van der Waals surface area contributed by atoms with E-state index in [0.29, 0.717) is 17.9 Å². The zero-order valence-corrected chi connectivity index (χ0v) is 10.8. The van der Waals surface area contributed by atoms with Crippen LogP contribution in [0.25, 0.3) is 0 Å². The third kappa shape index (κ3) is 1.36. The second-order valence-electron chi connectivity index (χ2n) is 6.16. The molecule has 0 N–H and O–H groups in total. The number of carbonyl (C=O) groups is 2. The predicted molar refractivity (Wildman–Crippen MR) is 66.7 cm³/mol. The SMILES string of the molecule is C=C1C(=O)O[C@@H]2C[C@H](C)[C@H]3C=CC(=O)[C@]3(C)C[C@@H]12. The van der Waals surface area contributed by atoms with Crippen molar-refractivity contribution in [3.63, 3.8) is 0 Å². The Morgan fingerprint density at radius 1 is 1.44 bits per heavy atom. The lowest BCUT2D eigenvalue weighted by molar-refractivity contribution is -0.139. The van der Waals surface area contributed by atoms with Crippen LogP contribution in [0.1, 0.15) is 26.7 Å². The van der Waals surface area contributed by atoms with Gasteiger partial charge >= 0.3 is 5.97 Å². The fourth-order valence-electron chi connectivity index (χ4n) is 3.92. The summed E-state index contributed by atoms with van der Waals surface area (Å²) in [6, 6.07) is 0. The van der Waals surface area contributed by atoms with Gasteiger partial charge in [-0.05, 0) is 30.8 Å². The lowest BCUT2D eigenvalue weighted by Gasteiger charge is -2.32. The average molecular weight is 246 g/mol. The van der Waals surface area contributed by atoms with Crippen LogP contribution in [0.3, 0.4) is 0 Å². The smallest absolute Gasteiger partial charge is 0.334 e. The van der Waals surface area contributed by atoms with E-state index in [4.69, 9.17) is 4.74 Å². The molecule has 3 heteroatoms. The Kier molecular flexibility index (Phi) is 2.31. The first-order valence-corrected chi connectivity index (χ1v) is 6.56. The van der Waals surface area contributed by atoms with Crippen LogP contribution in [0, 0.1) is 23.2 Å². The van der Waals surface area contributed by atoms with Gasteiger partial charge in [0.2, 0.25) is 0 Å². The van der Waals surface area contributed by atoms with Crippen LogP contribution in [0.5, 0.6) is 0 Å². The molecule has 2 fully saturated rings. The summed E-state index contributed by atoms with van der Waals surface area (Å²) in [5, 5.41) is 0. The van der Waals surface area contributed by atoms with Crippen LogP contribution in [0.2, 0.25) is 0 Å². The minimum Gasteiger partial charge on any atom is -0.458 e. The van der Waals surface area contributed by atoms with Crippen LogP contribution >= 0.6 is 0 Å². The molecule has 1 aliphatic heterocycles. The van der Waals surface area contributed by atoms with Gasteiger partial charge in [-0.3, -0.25) is 4.79 Å². The molecule has 0 amide bonds. The van der Waals surface area contributed by atoms with Gasteiger partial charge in [-0.1, -0.05) is 26.5 Å². The molecular formula is C15H18O3.